The lowest BCUT2D eigenvalue weighted by Gasteiger charge is -2.27. The van der Waals surface area contributed by atoms with E-state index < -0.39 is 41.8 Å². The highest BCUT2D eigenvalue weighted by atomic mass is 16.6. The van der Waals surface area contributed by atoms with Crippen LogP contribution < -0.4 is 10.9 Å². The van der Waals surface area contributed by atoms with Crippen molar-refractivity contribution in [3.63, 3.8) is 0 Å². The molecule has 15 heteroatoms. The van der Waals surface area contributed by atoms with Gasteiger partial charge in [-0.05, 0) is 20.8 Å². The number of aromatic nitrogens is 4. The maximum Gasteiger partial charge on any atom is 0.410 e. The predicted molar refractivity (Wildman–Crippen MR) is 139 cm³/mol. The number of H-pyrrole nitrogens is 1. The second-order valence-corrected chi connectivity index (χ2v) is 10.7. The minimum absolute atomic E-state index is 0.000897. The number of anilines is 1. The fourth-order valence-corrected chi connectivity index (χ4v) is 3.66. The molecule has 216 valence electrons. The zero-order valence-corrected chi connectivity index (χ0v) is 23.3. The van der Waals surface area contributed by atoms with Crippen molar-refractivity contribution in [2.75, 3.05) is 39.1 Å². The molecule has 3 heterocycles. The van der Waals surface area contributed by atoms with Gasteiger partial charge in [-0.3, -0.25) is 24.5 Å². The van der Waals surface area contributed by atoms with Crippen molar-refractivity contribution in [1.29, 1.82) is 0 Å². The third-order valence-corrected chi connectivity index (χ3v) is 5.86. The van der Waals surface area contributed by atoms with Gasteiger partial charge in [-0.15, -0.1) is 0 Å². The van der Waals surface area contributed by atoms with Crippen LogP contribution in [0, 0.1) is 5.92 Å². The number of carbonyl (C=O) groups excluding carboxylic acids is 3. The van der Waals surface area contributed by atoms with E-state index in [1.807, 2.05) is 0 Å². The number of carbonyl (C=O) groups is 3. The van der Waals surface area contributed by atoms with Crippen LogP contribution in [0.15, 0.2) is 11.1 Å². The second kappa shape index (κ2) is 12.0. The van der Waals surface area contributed by atoms with Crippen LogP contribution in [0.1, 0.15) is 47.3 Å². The van der Waals surface area contributed by atoms with Crippen LogP contribution >= 0.6 is 0 Å². The van der Waals surface area contributed by atoms with Crippen LogP contribution in [-0.4, -0.2) is 104 Å². The van der Waals surface area contributed by atoms with Crippen LogP contribution in [0.5, 0.6) is 0 Å². The molecule has 0 aliphatic carbocycles. The Morgan fingerprint density at radius 1 is 1.23 bits per heavy atom. The number of ether oxygens (including phenoxy) is 3. The Morgan fingerprint density at radius 2 is 1.87 bits per heavy atom. The van der Waals surface area contributed by atoms with Crippen molar-refractivity contribution in [3.8, 4) is 0 Å². The fraction of sp³-hybridized carbons (Fsp3) is 0.667. The Hall–Kier alpha value is -3.72. The Kier molecular flexibility index (Phi) is 9.17. The van der Waals surface area contributed by atoms with Crippen molar-refractivity contribution in [2.45, 2.75) is 65.1 Å². The van der Waals surface area contributed by atoms with Crippen LogP contribution in [-0.2, 0) is 19.0 Å². The molecule has 39 heavy (non-hydrogen) atoms. The molecular formula is C24H37N7O8. The van der Waals surface area contributed by atoms with Gasteiger partial charge in [-0.25, -0.2) is 14.6 Å². The van der Waals surface area contributed by atoms with Crippen molar-refractivity contribution in [1.82, 2.24) is 29.3 Å². The number of rotatable bonds is 8. The van der Waals surface area contributed by atoms with Gasteiger partial charge in [0.25, 0.3) is 5.56 Å². The minimum Gasteiger partial charge on any atom is -0.444 e. The lowest BCUT2D eigenvalue weighted by atomic mass is 10.2. The summed E-state index contributed by atoms with van der Waals surface area (Å²) >= 11 is 0. The van der Waals surface area contributed by atoms with E-state index in [1.54, 1.807) is 41.7 Å². The first-order valence-corrected chi connectivity index (χ1v) is 12.6. The molecule has 15 nitrogen and oxygen atoms in total. The third-order valence-electron chi connectivity index (χ3n) is 5.86. The average molecular weight is 552 g/mol. The molecule has 0 spiro atoms. The normalized spacial score (nSPS) is 19.3. The number of nitrogens with one attached hydrogen (secondary N) is 2. The number of aromatic amines is 1. The third kappa shape index (κ3) is 7.44. The number of hydrogen-bond donors (Lipinski definition) is 3. The Morgan fingerprint density at radius 3 is 2.46 bits per heavy atom. The van der Waals surface area contributed by atoms with Crippen molar-refractivity contribution < 1.29 is 33.7 Å². The van der Waals surface area contributed by atoms with Crippen molar-refractivity contribution in [3.05, 3.63) is 16.7 Å². The number of aliphatic hydroxyl groups is 1. The lowest BCUT2D eigenvalue weighted by Crippen LogP contribution is -2.41. The summed E-state index contributed by atoms with van der Waals surface area (Å²) in [6.45, 7) is 8.73. The van der Waals surface area contributed by atoms with Gasteiger partial charge in [-0.2, -0.15) is 4.98 Å². The number of fused-ring (bicyclic) bond motifs is 1. The number of amides is 3. The van der Waals surface area contributed by atoms with E-state index in [0.717, 1.165) is 0 Å². The molecule has 1 fully saturated rings. The molecule has 1 aliphatic heterocycles. The Balaban J connectivity index is 1.75. The van der Waals surface area contributed by atoms with E-state index >= 15 is 0 Å². The topological polar surface area (TPSA) is 181 Å². The molecular weight excluding hydrogens is 514 g/mol. The Labute approximate surface area is 225 Å². The van der Waals surface area contributed by atoms with Gasteiger partial charge in [0, 0.05) is 39.5 Å². The summed E-state index contributed by atoms with van der Waals surface area (Å²) in [4.78, 5) is 63.3. The molecule has 3 atom stereocenters. The smallest absolute Gasteiger partial charge is 0.410 e. The van der Waals surface area contributed by atoms with Gasteiger partial charge < -0.3 is 29.1 Å². The van der Waals surface area contributed by atoms with E-state index in [-0.39, 0.29) is 55.1 Å². The second-order valence-electron chi connectivity index (χ2n) is 10.7. The molecule has 3 rings (SSSR count). The fourth-order valence-electron chi connectivity index (χ4n) is 3.66. The summed E-state index contributed by atoms with van der Waals surface area (Å²) in [7, 11) is 3.09. The van der Waals surface area contributed by atoms with Gasteiger partial charge in [0.15, 0.2) is 23.5 Å². The molecule has 3 N–H and O–H groups in total. The summed E-state index contributed by atoms with van der Waals surface area (Å²) in [6, 6.07) is 0. The number of likely N-dealkylation sites (N-methyl/N-ethyl adjacent to an activating group) is 2. The molecule has 0 saturated carbocycles. The largest absolute Gasteiger partial charge is 0.444 e. The zero-order chi connectivity index (χ0) is 29.1. The molecule has 2 aromatic rings. The number of imidazole rings is 1. The first-order valence-electron chi connectivity index (χ1n) is 12.6. The summed E-state index contributed by atoms with van der Waals surface area (Å²) in [5, 5.41) is 12.3. The highest BCUT2D eigenvalue weighted by Crippen LogP contribution is 2.33. The highest BCUT2D eigenvalue weighted by molar-refractivity contribution is 5.91. The SMILES string of the molecule is CC(C)C(=O)Nc1nc2c(ncn2[C@@H]2O[C@H](CO)C[C@H]2OC(=O)N(C)CCN(C)C(=O)OC(C)(C)C)c(=O)[nH]1. The molecule has 1 aliphatic rings. The minimum atomic E-state index is -0.947. The first-order chi connectivity index (χ1) is 18.2. The predicted octanol–water partition coefficient (Wildman–Crippen LogP) is 1.30. The first kappa shape index (κ1) is 29.8. The van der Waals surface area contributed by atoms with E-state index in [9.17, 15) is 24.3 Å². The summed E-state index contributed by atoms with van der Waals surface area (Å²) in [5.41, 5.74) is -1.11. The standard InChI is InChI=1S/C24H37N7O8/c1-13(2)18(33)27-21-26-17-16(19(34)28-21)25-12-31(17)20-15(10-14(11-32)37-20)38-22(35)29(6)8-9-30(7)23(36)39-24(3,4)5/h12-15,20,32H,8-11H2,1-7H3,(H2,26,27,28,33,34)/t14-,15+,20+/m0/s1. The molecule has 1 saturated heterocycles. The van der Waals surface area contributed by atoms with Crippen LogP contribution in [0.2, 0.25) is 0 Å². The van der Waals surface area contributed by atoms with Gasteiger partial charge in [0.2, 0.25) is 11.9 Å². The molecule has 0 radical (unpaired) electrons. The van der Waals surface area contributed by atoms with Crippen LogP contribution in [0.4, 0.5) is 15.5 Å². The number of nitrogens with zero attached hydrogens (tertiary/aromatic N) is 5. The summed E-state index contributed by atoms with van der Waals surface area (Å²) in [6.07, 6.45) is -2.13. The molecule has 0 bridgehead atoms. The van der Waals surface area contributed by atoms with Gasteiger partial charge in [0.1, 0.15) is 5.60 Å². The number of hydrogen-bond acceptors (Lipinski definition) is 10. The van der Waals surface area contributed by atoms with Crippen molar-refractivity contribution in [2.24, 2.45) is 5.92 Å². The molecule has 0 aromatic carbocycles. The maximum absolute atomic E-state index is 12.9. The van der Waals surface area contributed by atoms with Gasteiger partial charge in [-0.1, -0.05) is 13.8 Å². The van der Waals surface area contributed by atoms with Crippen molar-refractivity contribution >= 4 is 35.2 Å². The zero-order valence-electron chi connectivity index (χ0n) is 23.3. The summed E-state index contributed by atoms with van der Waals surface area (Å²) < 4.78 is 18.3. The van der Waals surface area contributed by atoms with Gasteiger partial charge in [0.05, 0.1) is 19.0 Å². The number of aliphatic hydroxyl groups excluding tert-OH is 1. The van der Waals surface area contributed by atoms with E-state index in [2.05, 4.69) is 20.3 Å². The monoisotopic (exact) mass is 551 g/mol. The average Bonchev–Trinajstić information content (AvgIpc) is 3.44. The van der Waals surface area contributed by atoms with Crippen LogP contribution in [0.3, 0.4) is 0 Å². The molecule has 0 unspecified atom stereocenters. The van der Waals surface area contributed by atoms with E-state index in [4.69, 9.17) is 14.2 Å². The Bertz CT molecular complexity index is 1250. The quantitative estimate of drug-likeness (QED) is 0.432. The maximum atomic E-state index is 12.9. The van der Waals surface area contributed by atoms with E-state index in [1.165, 1.54) is 27.7 Å². The van der Waals surface area contributed by atoms with Crippen LogP contribution in [0.25, 0.3) is 11.2 Å². The lowest BCUT2D eigenvalue weighted by molar-refractivity contribution is -0.118. The molecule has 2 aromatic heterocycles. The highest BCUT2D eigenvalue weighted by Gasteiger charge is 2.40. The summed E-state index contributed by atoms with van der Waals surface area (Å²) in [5.74, 6) is -0.746. The van der Waals surface area contributed by atoms with Gasteiger partial charge >= 0.3 is 12.2 Å². The van der Waals surface area contributed by atoms with E-state index in [0.29, 0.717) is 0 Å². The molecule has 3 amide bonds.